The summed E-state index contributed by atoms with van der Waals surface area (Å²) in [5, 5.41) is 3.87. The number of ether oxygens (including phenoxy) is 1. The van der Waals surface area contributed by atoms with Crippen molar-refractivity contribution in [3.05, 3.63) is 68.7 Å². The number of rotatable bonds is 7. The molecule has 0 saturated heterocycles. The maximum absolute atomic E-state index is 13.6. The Bertz CT molecular complexity index is 1340. The summed E-state index contributed by atoms with van der Waals surface area (Å²) in [6, 6.07) is 9.22. The number of aryl methyl sites for hydroxylation is 3. The maximum atomic E-state index is 13.6. The van der Waals surface area contributed by atoms with Gasteiger partial charge in [0, 0.05) is 4.88 Å². The maximum Gasteiger partial charge on any atom is 0.267 e. The quantitative estimate of drug-likeness (QED) is 0.319. The number of hydrogen-bond acceptors (Lipinski definition) is 7. The molecule has 7 nitrogen and oxygen atoms in total. The van der Waals surface area contributed by atoms with E-state index in [9.17, 15) is 9.59 Å². The van der Waals surface area contributed by atoms with Crippen LogP contribution in [0.2, 0.25) is 0 Å². The Morgan fingerprint density at radius 1 is 1.28 bits per heavy atom. The summed E-state index contributed by atoms with van der Waals surface area (Å²) in [4.78, 5) is 32.6. The molecule has 1 aromatic carbocycles. The summed E-state index contributed by atoms with van der Waals surface area (Å²) in [7, 11) is 1.57. The minimum Gasteiger partial charge on any atom is -0.495 e. The van der Waals surface area contributed by atoms with Crippen molar-refractivity contribution in [1.29, 1.82) is 0 Å². The second-order valence-electron chi connectivity index (χ2n) is 7.32. The van der Waals surface area contributed by atoms with E-state index in [1.165, 1.54) is 23.1 Å². The molecule has 166 valence electrons. The van der Waals surface area contributed by atoms with Gasteiger partial charge in [0.2, 0.25) is 5.91 Å². The minimum absolute atomic E-state index is 0.107. The Hall–Kier alpha value is -3.04. The van der Waals surface area contributed by atoms with Gasteiger partial charge in [-0.05, 0) is 56.2 Å². The van der Waals surface area contributed by atoms with E-state index < -0.39 is 0 Å². The number of methoxy groups -OCH3 is 1. The highest BCUT2D eigenvalue weighted by molar-refractivity contribution is 7.99. The minimum atomic E-state index is -0.179. The van der Waals surface area contributed by atoms with Crippen molar-refractivity contribution in [2.75, 3.05) is 12.9 Å². The molecule has 0 atom stereocenters. The Kier molecular flexibility index (Phi) is 6.38. The van der Waals surface area contributed by atoms with E-state index in [2.05, 4.69) is 5.32 Å². The third kappa shape index (κ3) is 4.31. The summed E-state index contributed by atoms with van der Waals surface area (Å²) >= 11 is 2.70. The number of aromatic nitrogens is 2. The van der Waals surface area contributed by atoms with Crippen LogP contribution >= 0.6 is 23.1 Å². The van der Waals surface area contributed by atoms with Gasteiger partial charge in [-0.25, -0.2) is 4.98 Å². The summed E-state index contributed by atoms with van der Waals surface area (Å²) in [6.07, 6.45) is 1.56. The van der Waals surface area contributed by atoms with Gasteiger partial charge < -0.3 is 14.5 Å². The molecule has 0 saturated carbocycles. The molecule has 0 bridgehead atoms. The SMILES string of the molecule is COc1ccc(C)cc1-n1c(SCC(=O)NCc2ccco2)nc2sc(C)c(C)c2c1=O. The van der Waals surface area contributed by atoms with E-state index in [1.807, 2.05) is 39.0 Å². The van der Waals surface area contributed by atoms with Crippen LogP contribution in [-0.4, -0.2) is 28.3 Å². The lowest BCUT2D eigenvalue weighted by molar-refractivity contribution is -0.118. The normalized spacial score (nSPS) is 11.1. The first-order chi connectivity index (χ1) is 15.4. The second-order valence-corrected chi connectivity index (χ2v) is 9.46. The number of thioether (sulfide) groups is 1. The lowest BCUT2D eigenvalue weighted by atomic mass is 10.2. The number of furan rings is 1. The van der Waals surface area contributed by atoms with Crippen molar-refractivity contribution in [3.63, 3.8) is 0 Å². The predicted molar refractivity (Wildman–Crippen MR) is 127 cm³/mol. The molecule has 4 aromatic rings. The summed E-state index contributed by atoms with van der Waals surface area (Å²) in [5.74, 6) is 1.17. The number of amides is 1. The van der Waals surface area contributed by atoms with Crippen LogP contribution in [0.25, 0.3) is 15.9 Å². The Labute approximate surface area is 193 Å². The van der Waals surface area contributed by atoms with Gasteiger partial charge in [-0.1, -0.05) is 17.8 Å². The van der Waals surface area contributed by atoms with Crippen molar-refractivity contribution in [2.45, 2.75) is 32.5 Å². The van der Waals surface area contributed by atoms with E-state index >= 15 is 0 Å². The van der Waals surface area contributed by atoms with Crippen molar-refractivity contribution in [3.8, 4) is 11.4 Å². The molecule has 0 spiro atoms. The van der Waals surface area contributed by atoms with E-state index in [1.54, 1.807) is 30.1 Å². The van der Waals surface area contributed by atoms with Crippen LogP contribution in [0.4, 0.5) is 0 Å². The first-order valence-electron chi connectivity index (χ1n) is 9.98. The van der Waals surface area contributed by atoms with Crippen LogP contribution < -0.4 is 15.6 Å². The highest BCUT2D eigenvalue weighted by Gasteiger charge is 2.21. The molecule has 3 heterocycles. The first-order valence-corrected chi connectivity index (χ1v) is 11.8. The van der Waals surface area contributed by atoms with Gasteiger partial charge in [0.05, 0.1) is 36.7 Å². The third-order valence-electron chi connectivity index (χ3n) is 5.12. The van der Waals surface area contributed by atoms with E-state index in [4.69, 9.17) is 14.1 Å². The second kappa shape index (κ2) is 9.22. The Balaban J connectivity index is 1.74. The molecule has 0 aliphatic rings. The van der Waals surface area contributed by atoms with Gasteiger partial charge >= 0.3 is 0 Å². The fourth-order valence-electron chi connectivity index (χ4n) is 3.34. The van der Waals surface area contributed by atoms with Crippen molar-refractivity contribution in [1.82, 2.24) is 14.9 Å². The van der Waals surface area contributed by atoms with Gasteiger partial charge in [0.1, 0.15) is 16.3 Å². The van der Waals surface area contributed by atoms with Crippen LogP contribution in [0, 0.1) is 20.8 Å². The van der Waals surface area contributed by atoms with Crippen LogP contribution in [0.5, 0.6) is 5.75 Å². The molecule has 1 amide bonds. The monoisotopic (exact) mass is 469 g/mol. The molecule has 1 N–H and O–H groups in total. The number of thiophene rings is 1. The zero-order valence-electron chi connectivity index (χ0n) is 18.2. The van der Waals surface area contributed by atoms with E-state index in [-0.39, 0.29) is 17.2 Å². The average Bonchev–Trinajstić information content (AvgIpc) is 3.39. The number of carbonyl (C=O) groups is 1. The number of benzene rings is 1. The highest BCUT2D eigenvalue weighted by Crippen LogP contribution is 2.32. The lowest BCUT2D eigenvalue weighted by Crippen LogP contribution is -2.26. The van der Waals surface area contributed by atoms with Gasteiger partial charge in [0.25, 0.3) is 5.56 Å². The van der Waals surface area contributed by atoms with Crippen LogP contribution in [0.1, 0.15) is 21.8 Å². The molecule has 0 fully saturated rings. The number of fused-ring (bicyclic) bond motifs is 1. The fraction of sp³-hybridized carbons (Fsp3) is 0.261. The van der Waals surface area contributed by atoms with Crippen LogP contribution in [0.3, 0.4) is 0 Å². The van der Waals surface area contributed by atoms with Crippen molar-refractivity contribution in [2.24, 2.45) is 0 Å². The molecular weight excluding hydrogens is 446 g/mol. The molecule has 0 aliphatic heterocycles. The molecule has 0 aliphatic carbocycles. The standard InChI is InChI=1S/C23H23N3O4S2/c1-13-7-8-18(29-4)17(10-13)26-22(28)20-14(2)15(3)32-21(20)25-23(26)31-12-19(27)24-11-16-6-5-9-30-16/h5-10H,11-12H2,1-4H3,(H,24,27). The smallest absolute Gasteiger partial charge is 0.267 e. The number of nitrogens with one attached hydrogen (secondary N) is 1. The number of hydrogen-bond donors (Lipinski definition) is 1. The zero-order chi connectivity index (χ0) is 22.8. The lowest BCUT2D eigenvalue weighted by Gasteiger charge is -2.16. The molecule has 9 heteroatoms. The molecule has 0 unspecified atom stereocenters. The summed E-state index contributed by atoms with van der Waals surface area (Å²) in [5.41, 5.74) is 2.35. The largest absolute Gasteiger partial charge is 0.495 e. The topological polar surface area (TPSA) is 86.4 Å². The molecule has 0 radical (unpaired) electrons. The van der Waals surface area contributed by atoms with E-state index in [0.29, 0.717) is 39.1 Å². The third-order valence-corrected chi connectivity index (χ3v) is 7.16. The predicted octanol–water partition coefficient (Wildman–Crippen LogP) is 4.38. The molecule has 4 rings (SSSR count). The van der Waals surface area contributed by atoms with E-state index in [0.717, 1.165) is 16.0 Å². The van der Waals surface area contributed by atoms with Crippen LogP contribution in [-0.2, 0) is 11.3 Å². The first kappa shape index (κ1) is 22.2. The van der Waals surface area contributed by atoms with Gasteiger partial charge in [0.15, 0.2) is 5.16 Å². The summed E-state index contributed by atoms with van der Waals surface area (Å²) in [6.45, 7) is 6.17. The van der Waals surface area contributed by atoms with Gasteiger partial charge in [-0.2, -0.15) is 0 Å². The summed E-state index contributed by atoms with van der Waals surface area (Å²) < 4.78 is 12.3. The number of carbonyl (C=O) groups excluding carboxylic acids is 1. The molecule has 32 heavy (non-hydrogen) atoms. The molecular formula is C23H23N3O4S2. The fourth-order valence-corrected chi connectivity index (χ4v) is 5.25. The number of nitrogens with zero attached hydrogens (tertiary/aromatic N) is 2. The zero-order valence-corrected chi connectivity index (χ0v) is 19.9. The Morgan fingerprint density at radius 2 is 2.09 bits per heavy atom. The average molecular weight is 470 g/mol. The Morgan fingerprint density at radius 3 is 2.81 bits per heavy atom. The highest BCUT2D eigenvalue weighted by atomic mass is 32.2. The van der Waals surface area contributed by atoms with Gasteiger partial charge in [-0.3, -0.25) is 14.2 Å². The van der Waals surface area contributed by atoms with Crippen molar-refractivity contribution < 1.29 is 13.9 Å². The molecule has 3 aromatic heterocycles. The van der Waals surface area contributed by atoms with Gasteiger partial charge in [-0.15, -0.1) is 11.3 Å². The van der Waals surface area contributed by atoms with Crippen LogP contribution in [0.15, 0.2) is 51.0 Å². The van der Waals surface area contributed by atoms with Crippen molar-refractivity contribution >= 4 is 39.2 Å².